The SMILES string of the molecule is Cc1cc(C)cc(OCCC(=O)NCCS(=O)(=O)N2CCN(c3ccccn3)CC2)c1. The van der Waals surface area contributed by atoms with Crippen molar-refractivity contribution >= 4 is 21.7 Å². The number of hydrogen-bond acceptors (Lipinski definition) is 6. The van der Waals surface area contributed by atoms with Gasteiger partial charge in [-0.15, -0.1) is 0 Å². The third kappa shape index (κ3) is 6.93. The Kier molecular flexibility index (Phi) is 7.86. The highest BCUT2D eigenvalue weighted by molar-refractivity contribution is 7.89. The lowest BCUT2D eigenvalue weighted by Crippen LogP contribution is -2.50. The Bertz CT molecular complexity index is 954. The number of anilines is 1. The Balaban J connectivity index is 1.36. The van der Waals surface area contributed by atoms with Crippen LogP contribution in [-0.2, 0) is 14.8 Å². The fourth-order valence-electron chi connectivity index (χ4n) is 3.55. The topological polar surface area (TPSA) is 91.8 Å². The molecule has 1 saturated heterocycles. The van der Waals surface area contributed by atoms with Crippen LogP contribution in [0.3, 0.4) is 0 Å². The van der Waals surface area contributed by atoms with E-state index in [1.54, 1.807) is 6.20 Å². The molecule has 0 saturated carbocycles. The molecule has 9 heteroatoms. The van der Waals surface area contributed by atoms with Crippen molar-refractivity contribution in [2.45, 2.75) is 20.3 Å². The first kappa shape index (κ1) is 23.0. The minimum Gasteiger partial charge on any atom is -0.493 e. The van der Waals surface area contributed by atoms with Crippen LogP contribution in [0.5, 0.6) is 5.75 Å². The predicted octanol–water partition coefficient (Wildman–Crippen LogP) is 1.74. The van der Waals surface area contributed by atoms with E-state index in [-0.39, 0.29) is 31.2 Å². The summed E-state index contributed by atoms with van der Waals surface area (Å²) in [5.74, 6) is 1.26. The molecule has 31 heavy (non-hydrogen) atoms. The standard InChI is InChI=1S/C22H30N4O4S/c1-18-15-19(2)17-20(16-18)30-13-6-22(27)24-8-14-31(28,29)26-11-9-25(10-12-26)21-5-3-4-7-23-21/h3-5,7,15-17H,6,8-14H2,1-2H3,(H,24,27). The summed E-state index contributed by atoms with van der Waals surface area (Å²) in [5, 5.41) is 2.68. The highest BCUT2D eigenvalue weighted by Gasteiger charge is 2.27. The molecule has 3 rings (SSSR count). The summed E-state index contributed by atoms with van der Waals surface area (Å²) < 4.78 is 32.3. The van der Waals surface area contributed by atoms with Crippen LogP contribution in [0.15, 0.2) is 42.6 Å². The minimum atomic E-state index is -3.42. The summed E-state index contributed by atoms with van der Waals surface area (Å²) in [7, 11) is -3.42. The molecule has 2 aromatic rings. The van der Waals surface area contributed by atoms with Gasteiger partial charge in [-0.1, -0.05) is 12.1 Å². The Morgan fingerprint density at radius 3 is 2.45 bits per heavy atom. The number of hydrogen-bond donors (Lipinski definition) is 1. The van der Waals surface area contributed by atoms with E-state index in [0.717, 1.165) is 22.7 Å². The van der Waals surface area contributed by atoms with Crippen LogP contribution in [-0.4, -0.2) is 68.7 Å². The fraction of sp³-hybridized carbons (Fsp3) is 0.455. The van der Waals surface area contributed by atoms with E-state index in [9.17, 15) is 13.2 Å². The molecule has 0 aliphatic carbocycles. The Morgan fingerprint density at radius 2 is 1.81 bits per heavy atom. The van der Waals surface area contributed by atoms with E-state index < -0.39 is 10.0 Å². The third-order valence-electron chi connectivity index (χ3n) is 5.08. The van der Waals surface area contributed by atoms with Crippen LogP contribution >= 0.6 is 0 Å². The lowest BCUT2D eigenvalue weighted by Gasteiger charge is -2.34. The van der Waals surface area contributed by atoms with Gasteiger partial charge in [-0.2, -0.15) is 4.31 Å². The van der Waals surface area contributed by atoms with Gasteiger partial charge in [0.15, 0.2) is 0 Å². The first-order valence-electron chi connectivity index (χ1n) is 10.4. The largest absolute Gasteiger partial charge is 0.493 e. The molecule has 1 N–H and O–H groups in total. The van der Waals surface area contributed by atoms with Gasteiger partial charge in [0.2, 0.25) is 15.9 Å². The van der Waals surface area contributed by atoms with Gasteiger partial charge < -0.3 is 15.0 Å². The number of amides is 1. The Labute approximate surface area is 184 Å². The van der Waals surface area contributed by atoms with E-state index in [2.05, 4.69) is 21.3 Å². The molecular weight excluding hydrogens is 416 g/mol. The van der Waals surface area contributed by atoms with Crippen molar-refractivity contribution in [3.8, 4) is 5.75 Å². The number of nitrogens with zero attached hydrogens (tertiary/aromatic N) is 3. The smallest absolute Gasteiger partial charge is 0.223 e. The van der Waals surface area contributed by atoms with Gasteiger partial charge in [0.05, 0.1) is 18.8 Å². The van der Waals surface area contributed by atoms with E-state index in [1.807, 2.05) is 44.2 Å². The molecule has 1 fully saturated rings. The summed E-state index contributed by atoms with van der Waals surface area (Å²) in [6.45, 7) is 6.34. The van der Waals surface area contributed by atoms with Crippen LogP contribution in [0.25, 0.3) is 0 Å². The lowest BCUT2D eigenvalue weighted by atomic mass is 10.1. The monoisotopic (exact) mass is 446 g/mol. The van der Waals surface area contributed by atoms with Crippen molar-refractivity contribution in [2.24, 2.45) is 0 Å². The maximum Gasteiger partial charge on any atom is 0.223 e. The van der Waals surface area contributed by atoms with Crippen molar-refractivity contribution in [1.29, 1.82) is 0 Å². The van der Waals surface area contributed by atoms with E-state index in [0.29, 0.717) is 26.2 Å². The molecule has 1 aromatic carbocycles. The van der Waals surface area contributed by atoms with Crippen molar-refractivity contribution < 1.29 is 17.9 Å². The van der Waals surface area contributed by atoms with Gasteiger partial charge >= 0.3 is 0 Å². The number of rotatable bonds is 9. The summed E-state index contributed by atoms with van der Waals surface area (Å²) in [5.41, 5.74) is 2.20. The fourth-order valence-corrected chi connectivity index (χ4v) is 4.89. The Morgan fingerprint density at radius 1 is 1.10 bits per heavy atom. The van der Waals surface area contributed by atoms with Crippen LogP contribution in [0.1, 0.15) is 17.5 Å². The van der Waals surface area contributed by atoms with Crippen LogP contribution in [0, 0.1) is 13.8 Å². The van der Waals surface area contributed by atoms with Crippen LogP contribution in [0.2, 0.25) is 0 Å². The number of carbonyl (C=O) groups excluding carboxylic acids is 1. The molecular formula is C22H30N4O4S. The zero-order chi connectivity index (χ0) is 22.3. The number of benzene rings is 1. The van der Waals surface area contributed by atoms with E-state index in [4.69, 9.17) is 4.74 Å². The zero-order valence-corrected chi connectivity index (χ0v) is 18.9. The number of ether oxygens (including phenoxy) is 1. The molecule has 0 spiro atoms. The first-order chi connectivity index (χ1) is 14.8. The second-order valence-electron chi connectivity index (χ2n) is 7.66. The molecule has 0 radical (unpaired) electrons. The van der Waals surface area contributed by atoms with Gasteiger partial charge in [0.25, 0.3) is 0 Å². The number of pyridine rings is 1. The summed E-state index contributed by atoms with van der Waals surface area (Å²) in [6.07, 6.45) is 1.91. The molecule has 1 amide bonds. The highest BCUT2D eigenvalue weighted by atomic mass is 32.2. The van der Waals surface area contributed by atoms with Crippen molar-refractivity contribution in [3.63, 3.8) is 0 Å². The van der Waals surface area contributed by atoms with Gasteiger partial charge in [-0.3, -0.25) is 4.79 Å². The van der Waals surface area contributed by atoms with Crippen molar-refractivity contribution in [1.82, 2.24) is 14.6 Å². The lowest BCUT2D eigenvalue weighted by molar-refractivity contribution is -0.121. The van der Waals surface area contributed by atoms with E-state index >= 15 is 0 Å². The summed E-state index contributed by atoms with van der Waals surface area (Å²) in [6, 6.07) is 11.6. The third-order valence-corrected chi connectivity index (χ3v) is 6.95. The van der Waals surface area contributed by atoms with Crippen molar-refractivity contribution in [2.75, 3.05) is 50.0 Å². The van der Waals surface area contributed by atoms with Gasteiger partial charge in [0, 0.05) is 38.9 Å². The van der Waals surface area contributed by atoms with Crippen LogP contribution in [0.4, 0.5) is 5.82 Å². The summed E-state index contributed by atoms with van der Waals surface area (Å²) in [4.78, 5) is 18.4. The molecule has 8 nitrogen and oxygen atoms in total. The number of piperazine rings is 1. The minimum absolute atomic E-state index is 0.0885. The average Bonchev–Trinajstić information content (AvgIpc) is 2.74. The summed E-state index contributed by atoms with van der Waals surface area (Å²) >= 11 is 0. The normalized spacial score (nSPS) is 15.0. The molecule has 0 bridgehead atoms. The molecule has 168 valence electrons. The molecule has 1 aliphatic heterocycles. The zero-order valence-electron chi connectivity index (χ0n) is 18.1. The van der Waals surface area contributed by atoms with E-state index in [1.165, 1.54) is 4.31 Å². The highest BCUT2D eigenvalue weighted by Crippen LogP contribution is 2.16. The molecule has 2 heterocycles. The maximum atomic E-state index is 12.6. The molecule has 0 atom stereocenters. The first-order valence-corrected chi connectivity index (χ1v) is 12.1. The predicted molar refractivity (Wildman–Crippen MR) is 121 cm³/mol. The number of nitrogens with one attached hydrogen (secondary N) is 1. The number of sulfonamides is 1. The number of carbonyl (C=O) groups is 1. The van der Waals surface area contributed by atoms with Gasteiger partial charge in [0.1, 0.15) is 11.6 Å². The molecule has 1 aromatic heterocycles. The number of aryl methyl sites for hydroxylation is 2. The quantitative estimate of drug-likeness (QED) is 0.631. The number of aromatic nitrogens is 1. The molecule has 0 unspecified atom stereocenters. The second-order valence-corrected chi connectivity index (χ2v) is 9.75. The molecule has 1 aliphatic rings. The Hall–Kier alpha value is -2.65. The average molecular weight is 447 g/mol. The van der Waals surface area contributed by atoms with Gasteiger partial charge in [-0.05, 0) is 49.2 Å². The van der Waals surface area contributed by atoms with Gasteiger partial charge in [-0.25, -0.2) is 13.4 Å². The van der Waals surface area contributed by atoms with Crippen molar-refractivity contribution in [3.05, 3.63) is 53.7 Å². The maximum absolute atomic E-state index is 12.6. The second kappa shape index (κ2) is 10.6. The van der Waals surface area contributed by atoms with Crippen LogP contribution < -0.4 is 15.0 Å².